The highest BCUT2D eigenvalue weighted by atomic mass is 35.5. The Labute approximate surface area is 247 Å². The molecule has 0 saturated heterocycles. The van der Waals surface area contributed by atoms with Gasteiger partial charge in [0, 0.05) is 22.6 Å². The SMILES string of the molecule is CC[C@H](C)NC(=O)[C@H](CC)N(Cc1ccccc1Cl)C(=O)CN(c1ccc(Cl)cc1C)S(=O)(=O)c1ccccc1. The van der Waals surface area contributed by atoms with Crippen LogP contribution >= 0.6 is 23.2 Å². The van der Waals surface area contributed by atoms with Gasteiger partial charge in [-0.3, -0.25) is 13.9 Å². The fourth-order valence-electron chi connectivity index (χ4n) is 4.30. The van der Waals surface area contributed by atoms with Crippen LogP contribution in [0.3, 0.4) is 0 Å². The van der Waals surface area contributed by atoms with E-state index in [9.17, 15) is 18.0 Å². The molecule has 0 unspecified atom stereocenters. The lowest BCUT2D eigenvalue weighted by molar-refractivity contribution is -0.140. The van der Waals surface area contributed by atoms with Gasteiger partial charge >= 0.3 is 0 Å². The minimum atomic E-state index is -4.16. The van der Waals surface area contributed by atoms with Gasteiger partial charge in [0.05, 0.1) is 10.6 Å². The summed E-state index contributed by atoms with van der Waals surface area (Å²) >= 11 is 12.6. The number of nitrogens with zero attached hydrogens (tertiary/aromatic N) is 2. The van der Waals surface area contributed by atoms with Crippen LogP contribution in [-0.2, 0) is 26.2 Å². The second-order valence-corrected chi connectivity index (χ2v) is 12.3. The van der Waals surface area contributed by atoms with Gasteiger partial charge in [-0.1, -0.05) is 73.4 Å². The van der Waals surface area contributed by atoms with Crippen molar-refractivity contribution < 1.29 is 18.0 Å². The molecular formula is C30H35Cl2N3O4S. The van der Waals surface area contributed by atoms with Crippen LogP contribution in [0.2, 0.25) is 10.0 Å². The van der Waals surface area contributed by atoms with Crippen molar-refractivity contribution in [2.24, 2.45) is 0 Å². The third-order valence-electron chi connectivity index (χ3n) is 6.72. The normalized spacial score (nSPS) is 12.8. The molecule has 214 valence electrons. The molecule has 2 amide bonds. The summed E-state index contributed by atoms with van der Waals surface area (Å²) in [5, 5.41) is 3.85. The number of benzene rings is 3. The van der Waals surface area contributed by atoms with Crippen LogP contribution in [0.25, 0.3) is 0 Å². The first-order valence-electron chi connectivity index (χ1n) is 13.2. The van der Waals surface area contributed by atoms with Crippen molar-refractivity contribution >= 4 is 50.7 Å². The minimum absolute atomic E-state index is 0.0315. The molecule has 0 fully saturated rings. The highest BCUT2D eigenvalue weighted by Crippen LogP contribution is 2.30. The largest absolute Gasteiger partial charge is 0.352 e. The average molecular weight is 605 g/mol. The van der Waals surface area contributed by atoms with Crippen LogP contribution in [0.15, 0.2) is 77.7 Å². The van der Waals surface area contributed by atoms with E-state index in [4.69, 9.17) is 23.2 Å². The summed E-state index contributed by atoms with van der Waals surface area (Å²) in [4.78, 5) is 28.9. The van der Waals surface area contributed by atoms with Crippen molar-refractivity contribution in [3.8, 4) is 0 Å². The predicted molar refractivity (Wildman–Crippen MR) is 161 cm³/mol. The number of hydrogen-bond donors (Lipinski definition) is 1. The number of amides is 2. The molecule has 3 rings (SSSR count). The smallest absolute Gasteiger partial charge is 0.264 e. The van der Waals surface area contributed by atoms with Crippen molar-refractivity contribution in [1.29, 1.82) is 0 Å². The van der Waals surface area contributed by atoms with E-state index in [1.807, 2.05) is 20.8 Å². The summed E-state index contributed by atoms with van der Waals surface area (Å²) in [6.45, 7) is 6.90. The molecule has 0 saturated carbocycles. The van der Waals surface area contributed by atoms with Crippen LogP contribution in [0.1, 0.15) is 44.7 Å². The summed E-state index contributed by atoms with van der Waals surface area (Å²) in [6, 6.07) is 18.9. The number of anilines is 1. The lowest BCUT2D eigenvalue weighted by atomic mass is 10.1. The third kappa shape index (κ3) is 7.56. The molecule has 0 aliphatic carbocycles. The summed E-state index contributed by atoms with van der Waals surface area (Å²) in [7, 11) is -4.16. The molecule has 0 aromatic heterocycles. The first kappa shape index (κ1) is 31.5. The Morgan fingerprint density at radius 2 is 1.57 bits per heavy atom. The fourth-order valence-corrected chi connectivity index (χ4v) is 6.22. The van der Waals surface area contributed by atoms with Gasteiger partial charge in [-0.25, -0.2) is 8.42 Å². The summed E-state index contributed by atoms with van der Waals surface area (Å²) in [5.41, 5.74) is 1.54. The molecule has 1 N–H and O–H groups in total. The van der Waals surface area contributed by atoms with Crippen molar-refractivity contribution in [3.05, 3.63) is 94.0 Å². The van der Waals surface area contributed by atoms with Crippen molar-refractivity contribution in [1.82, 2.24) is 10.2 Å². The van der Waals surface area contributed by atoms with Gasteiger partial charge in [-0.15, -0.1) is 0 Å². The lowest BCUT2D eigenvalue weighted by Gasteiger charge is -2.34. The third-order valence-corrected chi connectivity index (χ3v) is 9.10. The number of sulfonamides is 1. The molecule has 2 atom stereocenters. The van der Waals surface area contributed by atoms with Crippen LogP contribution in [0, 0.1) is 6.92 Å². The van der Waals surface area contributed by atoms with Crippen LogP contribution in [-0.4, -0.2) is 43.8 Å². The molecule has 0 spiro atoms. The summed E-state index contributed by atoms with van der Waals surface area (Å²) < 4.78 is 28.9. The molecule has 0 bridgehead atoms. The molecule has 0 radical (unpaired) electrons. The maximum absolute atomic E-state index is 14.1. The quantitative estimate of drug-likeness (QED) is 0.266. The zero-order valence-corrected chi connectivity index (χ0v) is 25.4. The maximum atomic E-state index is 14.1. The van der Waals surface area contributed by atoms with Crippen molar-refractivity contribution in [2.45, 2.75) is 64.1 Å². The number of nitrogens with one attached hydrogen (secondary N) is 1. The van der Waals surface area contributed by atoms with Gasteiger partial charge in [0.1, 0.15) is 12.6 Å². The average Bonchev–Trinajstić information content (AvgIpc) is 2.93. The Kier molecular flexibility index (Phi) is 11.0. The van der Waals surface area contributed by atoms with E-state index in [-0.39, 0.29) is 23.4 Å². The van der Waals surface area contributed by atoms with E-state index < -0.39 is 28.5 Å². The van der Waals surface area contributed by atoms with Gasteiger partial charge in [0.25, 0.3) is 10.0 Å². The van der Waals surface area contributed by atoms with Gasteiger partial charge in [-0.05, 0) is 74.2 Å². The van der Waals surface area contributed by atoms with Crippen molar-refractivity contribution in [3.63, 3.8) is 0 Å². The van der Waals surface area contributed by atoms with Crippen LogP contribution < -0.4 is 9.62 Å². The van der Waals surface area contributed by atoms with E-state index in [1.165, 1.54) is 17.0 Å². The minimum Gasteiger partial charge on any atom is -0.352 e. The van der Waals surface area contributed by atoms with E-state index in [0.717, 1.165) is 10.7 Å². The second kappa shape index (κ2) is 14.0. The first-order chi connectivity index (χ1) is 19.0. The Morgan fingerprint density at radius 3 is 2.17 bits per heavy atom. The molecule has 0 aliphatic rings. The molecule has 10 heteroatoms. The Bertz CT molecular complexity index is 1430. The highest BCUT2D eigenvalue weighted by molar-refractivity contribution is 7.92. The topological polar surface area (TPSA) is 86.8 Å². The van der Waals surface area contributed by atoms with E-state index in [1.54, 1.807) is 67.6 Å². The monoisotopic (exact) mass is 603 g/mol. The number of carbonyl (C=O) groups is 2. The lowest BCUT2D eigenvalue weighted by Crippen LogP contribution is -2.53. The fraction of sp³-hybridized carbons (Fsp3) is 0.333. The number of carbonyl (C=O) groups excluding carboxylic acids is 2. The maximum Gasteiger partial charge on any atom is 0.264 e. The van der Waals surface area contributed by atoms with Crippen molar-refractivity contribution in [2.75, 3.05) is 10.8 Å². The molecule has 40 heavy (non-hydrogen) atoms. The standard InChI is InChI=1S/C30H35Cl2N3O4S/c1-5-22(4)33-30(37)27(6-2)34(19-23-12-10-11-15-26(23)32)29(36)20-35(28-17-16-24(31)18-21(28)3)40(38,39)25-13-8-7-9-14-25/h7-18,22,27H,5-6,19-20H2,1-4H3,(H,33,37)/t22-,27-/m0/s1. The molecular weight excluding hydrogens is 569 g/mol. The van der Waals surface area contributed by atoms with Gasteiger partial charge in [0.2, 0.25) is 11.8 Å². The van der Waals surface area contributed by atoms with Gasteiger partial charge in [-0.2, -0.15) is 0 Å². The Hall–Kier alpha value is -3.07. The zero-order chi connectivity index (χ0) is 29.4. The Balaban J connectivity index is 2.09. The first-order valence-corrected chi connectivity index (χ1v) is 15.4. The molecule has 7 nitrogen and oxygen atoms in total. The Morgan fingerprint density at radius 1 is 0.925 bits per heavy atom. The summed E-state index contributed by atoms with van der Waals surface area (Å²) in [5.74, 6) is -0.850. The highest BCUT2D eigenvalue weighted by Gasteiger charge is 2.34. The molecule has 0 aliphatic heterocycles. The van der Waals surface area contributed by atoms with Crippen LogP contribution in [0.4, 0.5) is 5.69 Å². The molecule has 0 heterocycles. The number of rotatable bonds is 12. The van der Waals surface area contributed by atoms with E-state index in [0.29, 0.717) is 33.3 Å². The zero-order valence-electron chi connectivity index (χ0n) is 23.1. The number of aryl methyl sites for hydroxylation is 1. The number of hydrogen-bond acceptors (Lipinski definition) is 4. The second-order valence-electron chi connectivity index (χ2n) is 9.61. The van der Waals surface area contributed by atoms with Gasteiger partial charge in [0.15, 0.2) is 0 Å². The molecule has 3 aromatic carbocycles. The van der Waals surface area contributed by atoms with E-state index >= 15 is 0 Å². The number of halogens is 2. The van der Waals surface area contributed by atoms with Gasteiger partial charge < -0.3 is 10.2 Å². The van der Waals surface area contributed by atoms with E-state index in [2.05, 4.69) is 5.32 Å². The molecule has 3 aromatic rings. The summed E-state index contributed by atoms with van der Waals surface area (Å²) in [6.07, 6.45) is 1.05. The van der Waals surface area contributed by atoms with Crippen LogP contribution in [0.5, 0.6) is 0 Å². The predicted octanol–water partition coefficient (Wildman–Crippen LogP) is 6.22.